The van der Waals surface area contributed by atoms with Gasteiger partial charge in [0.2, 0.25) is 0 Å². The van der Waals surface area contributed by atoms with Crippen LogP contribution >= 0.6 is 56.9 Å². The van der Waals surface area contributed by atoms with E-state index in [1.807, 2.05) is 38.1 Å². The van der Waals surface area contributed by atoms with E-state index in [1.165, 1.54) is 15.7 Å². The minimum absolute atomic E-state index is 0.149. The summed E-state index contributed by atoms with van der Waals surface area (Å²) in [7, 11) is 0. The van der Waals surface area contributed by atoms with E-state index in [4.69, 9.17) is 4.74 Å². The monoisotopic (exact) mass is 655 g/mol. The molecule has 1 heterocycles. The Morgan fingerprint density at radius 3 is 2.32 bits per heavy atom. The van der Waals surface area contributed by atoms with Crippen molar-refractivity contribution in [1.82, 2.24) is 4.90 Å². The molecule has 0 atom stereocenters. The molecule has 0 bridgehead atoms. The maximum Gasteiger partial charge on any atom is 0.293 e. The Kier molecular flexibility index (Phi) is 6.92. The van der Waals surface area contributed by atoms with Crippen LogP contribution in [0.1, 0.15) is 25.0 Å². The van der Waals surface area contributed by atoms with Crippen LogP contribution < -0.4 is 4.74 Å². The van der Waals surface area contributed by atoms with Crippen LogP contribution in [0.3, 0.4) is 0 Å². The lowest BCUT2D eigenvalue weighted by atomic mass is 10.1. The van der Waals surface area contributed by atoms with Crippen molar-refractivity contribution in [3.8, 4) is 5.75 Å². The number of amides is 2. The zero-order valence-corrected chi connectivity index (χ0v) is 22.0. The first-order valence-corrected chi connectivity index (χ1v) is 12.7. The molecule has 7 heteroatoms. The quantitative estimate of drug-likeness (QED) is 0.218. The minimum atomic E-state index is -0.230. The van der Waals surface area contributed by atoms with E-state index in [2.05, 4.69) is 75.5 Å². The molecule has 0 aliphatic carbocycles. The molecule has 0 radical (unpaired) electrons. The van der Waals surface area contributed by atoms with E-state index in [1.54, 1.807) is 6.08 Å². The van der Waals surface area contributed by atoms with Gasteiger partial charge in [0.1, 0.15) is 12.4 Å². The predicted octanol–water partition coefficient (Wildman–Crippen LogP) is 7.07. The number of thioether (sulfide) groups is 1. The number of nitrogens with zero attached hydrogens (tertiary/aromatic N) is 1. The first-order valence-electron chi connectivity index (χ1n) is 9.70. The highest BCUT2D eigenvalue weighted by Crippen LogP contribution is 2.35. The second kappa shape index (κ2) is 9.50. The fourth-order valence-corrected chi connectivity index (χ4v) is 6.45. The van der Waals surface area contributed by atoms with E-state index < -0.39 is 0 Å². The lowest BCUT2D eigenvalue weighted by Crippen LogP contribution is -2.34. The maximum absolute atomic E-state index is 12.5. The van der Waals surface area contributed by atoms with Crippen LogP contribution in [0.15, 0.2) is 59.5 Å². The average molecular weight is 655 g/mol. The van der Waals surface area contributed by atoms with Crippen molar-refractivity contribution in [3.63, 3.8) is 0 Å². The van der Waals surface area contributed by atoms with Crippen LogP contribution in [0.25, 0.3) is 16.8 Å². The van der Waals surface area contributed by atoms with Gasteiger partial charge < -0.3 is 4.74 Å². The molecule has 31 heavy (non-hydrogen) atoms. The third kappa shape index (κ3) is 4.93. The fourth-order valence-electron chi connectivity index (χ4n) is 3.36. The van der Waals surface area contributed by atoms with Crippen LogP contribution in [-0.2, 0) is 11.4 Å². The molecule has 0 saturated carbocycles. The van der Waals surface area contributed by atoms with Crippen LogP contribution in [0.5, 0.6) is 5.75 Å². The largest absolute Gasteiger partial charge is 0.487 e. The molecule has 0 unspecified atom stereocenters. The number of benzene rings is 3. The topological polar surface area (TPSA) is 46.6 Å². The molecule has 0 spiro atoms. The molecule has 0 aromatic heterocycles. The summed E-state index contributed by atoms with van der Waals surface area (Å²) in [4.78, 5) is 26.4. The van der Waals surface area contributed by atoms with Crippen molar-refractivity contribution in [3.05, 3.63) is 77.8 Å². The summed E-state index contributed by atoms with van der Waals surface area (Å²) in [5.41, 5.74) is 1.98. The van der Waals surface area contributed by atoms with Crippen molar-refractivity contribution in [2.75, 3.05) is 0 Å². The molecule has 1 aliphatic heterocycles. The summed E-state index contributed by atoms with van der Waals surface area (Å²) in [6.45, 7) is 4.16. The van der Waals surface area contributed by atoms with Gasteiger partial charge >= 0.3 is 0 Å². The molecule has 2 amide bonds. The highest BCUT2D eigenvalue weighted by atomic mass is 127. The zero-order chi connectivity index (χ0) is 22.1. The van der Waals surface area contributed by atoms with Crippen molar-refractivity contribution >= 4 is 84.9 Å². The lowest BCUT2D eigenvalue weighted by Gasteiger charge is -2.16. The van der Waals surface area contributed by atoms with Gasteiger partial charge in [0.05, 0.1) is 12.0 Å². The number of hydrogen-bond donors (Lipinski definition) is 0. The number of halogens is 2. The van der Waals surface area contributed by atoms with E-state index in [9.17, 15) is 9.59 Å². The van der Waals surface area contributed by atoms with Gasteiger partial charge in [-0.1, -0.05) is 36.4 Å². The Balaban J connectivity index is 1.53. The number of rotatable bonds is 5. The van der Waals surface area contributed by atoms with Crippen LogP contribution in [-0.4, -0.2) is 22.1 Å². The van der Waals surface area contributed by atoms with Gasteiger partial charge in [0.15, 0.2) is 0 Å². The van der Waals surface area contributed by atoms with Crippen molar-refractivity contribution in [2.45, 2.75) is 26.5 Å². The number of carbonyl (C=O) groups excluding carboxylic acids is 2. The van der Waals surface area contributed by atoms with E-state index in [0.717, 1.165) is 35.8 Å². The third-order valence-electron chi connectivity index (χ3n) is 4.86. The number of hydrogen-bond acceptors (Lipinski definition) is 4. The summed E-state index contributed by atoms with van der Waals surface area (Å²) in [6, 6.07) is 18.4. The number of ether oxygens (including phenoxy) is 1. The number of imide groups is 1. The summed E-state index contributed by atoms with van der Waals surface area (Å²) in [6.07, 6.45) is 1.78. The molecule has 4 nitrogen and oxygen atoms in total. The van der Waals surface area contributed by atoms with Gasteiger partial charge in [-0.25, -0.2) is 0 Å². The van der Waals surface area contributed by atoms with Gasteiger partial charge in [-0.05, 0) is 117 Å². The smallest absolute Gasteiger partial charge is 0.293 e. The van der Waals surface area contributed by atoms with E-state index >= 15 is 0 Å². The second-order valence-corrected chi connectivity index (χ2v) is 10.7. The van der Waals surface area contributed by atoms with Crippen molar-refractivity contribution < 1.29 is 14.3 Å². The fraction of sp³-hybridized carbons (Fsp3) is 0.167. The molecule has 3 aromatic rings. The Hall–Kier alpha value is -1.59. The van der Waals surface area contributed by atoms with E-state index in [-0.39, 0.29) is 17.2 Å². The third-order valence-corrected chi connectivity index (χ3v) is 7.34. The second-order valence-electron chi connectivity index (χ2n) is 7.43. The van der Waals surface area contributed by atoms with Gasteiger partial charge in [-0.15, -0.1) is 0 Å². The zero-order valence-electron chi connectivity index (χ0n) is 16.9. The van der Waals surface area contributed by atoms with Crippen LogP contribution in [0.4, 0.5) is 4.79 Å². The average Bonchev–Trinajstić information content (AvgIpc) is 3.00. The SMILES string of the molecule is CC(C)N1C(=O)S/C(=C/c2cc(I)c(OCc3ccc4ccccc4c3)c(I)c2)C1=O. The maximum atomic E-state index is 12.5. The Morgan fingerprint density at radius 2 is 1.68 bits per heavy atom. The molecular weight excluding hydrogens is 636 g/mol. The summed E-state index contributed by atoms with van der Waals surface area (Å²) in [5.74, 6) is 0.591. The molecule has 158 valence electrons. The molecule has 1 aliphatic rings. The predicted molar refractivity (Wildman–Crippen MR) is 143 cm³/mol. The number of fused-ring (bicyclic) bond motifs is 1. The normalized spacial score (nSPS) is 15.5. The Morgan fingerprint density at radius 1 is 1.00 bits per heavy atom. The number of carbonyl (C=O) groups is 2. The first kappa shape index (κ1) is 22.6. The van der Waals surface area contributed by atoms with Crippen molar-refractivity contribution in [1.29, 1.82) is 0 Å². The lowest BCUT2D eigenvalue weighted by molar-refractivity contribution is -0.123. The molecule has 0 N–H and O–H groups in total. The molecule has 1 fully saturated rings. The standard InChI is InChI=1S/C24H19I2NO3S/c1-14(2)27-23(28)21(31-24(27)29)12-16-10-19(25)22(20(26)11-16)30-13-15-7-8-17-5-3-4-6-18(17)9-15/h3-12,14H,13H2,1-2H3/b21-12+. The molecular formula is C24H19I2NO3S. The summed E-state index contributed by atoms with van der Waals surface area (Å²) >= 11 is 5.49. The highest BCUT2D eigenvalue weighted by molar-refractivity contribution is 14.1. The highest BCUT2D eigenvalue weighted by Gasteiger charge is 2.36. The van der Waals surface area contributed by atoms with Gasteiger partial charge in [0.25, 0.3) is 11.1 Å². The van der Waals surface area contributed by atoms with Gasteiger partial charge in [-0.2, -0.15) is 0 Å². The van der Waals surface area contributed by atoms with Crippen LogP contribution in [0.2, 0.25) is 0 Å². The van der Waals surface area contributed by atoms with Crippen LogP contribution in [0, 0.1) is 7.14 Å². The van der Waals surface area contributed by atoms with E-state index in [0.29, 0.717) is 11.5 Å². The Bertz CT molecular complexity index is 1200. The Labute approximate surface area is 212 Å². The van der Waals surface area contributed by atoms with Crippen molar-refractivity contribution in [2.24, 2.45) is 0 Å². The first-order chi connectivity index (χ1) is 14.8. The van der Waals surface area contributed by atoms with Gasteiger partial charge in [0, 0.05) is 6.04 Å². The van der Waals surface area contributed by atoms with Gasteiger partial charge in [-0.3, -0.25) is 14.5 Å². The minimum Gasteiger partial charge on any atom is -0.487 e. The molecule has 3 aromatic carbocycles. The summed E-state index contributed by atoms with van der Waals surface area (Å²) in [5, 5.41) is 2.19. The molecule has 1 saturated heterocycles. The summed E-state index contributed by atoms with van der Waals surface area (Å²) < 4.78 is 8.06. The molecule has 4 rings (SSSR count).